The summed E-state index contributed by atoms with van der Waals surface area (Å²) in [6.45, 7) is 0. The van der Waals surface area contributed by atoms with Gasteiger partial charge in [-0.1, -0.05) is 0 Å². The van der Waals surface area contributed by atoms with Crippen LogP contribution in [-0.2, 0) is 17.1 Å². The molecule has 0 atom stereocenters. The molecule has 0 aromatic rings. The third-order valence-electron chi connectivity index (χ3n) is 0. The predicted octanol–water partition coefficient (Wildman–Crippen LogP) is -1.68. The molecule has 1 nitrogen and oxygen atoms in total. The van der Waals surface area contributed by atoms with Gasteiger partial charge in [-0.3, -0.25) is 0 Å². The van der Waals surface area contributed by atoms with Gasteiger partial charge in [0.15, 0.2) is 0 Å². The quantitative estimate of drug-likeness (QED) is 0.320. The molecule has 0 spiro atoms. The third-order valence-corrected chi connectivity index (χ3v) is 0. The molecule has 0 aliphatic rings. The molecule has 34 valence electrons. The maximum absolute atomic E-state index is 0. The molecule has 0 aromatic carbocycles. The van der Waals surface area contributed by atoms with Gasteiger partial charge < -0.3 is 14.0 Å². The zero-order valence-corrected chi connectivity index (χ0v) is 19.1. The summed E-state index contributed by atoms with van der Waals surface area (Å²) >= 11 is 0. The number of hydrogen-bond donors (Lipinski definition) is 0. The first-order valence-corrected chi connectivity index (χ1v) is 0. The summed E-state index contributed by atoms with van der Waals surface area (Å²) in [6.07, 6.45) is 0. The van der Waals surface area contributed by atoms with Crippen LogP contribution in [0, 0.1) is 0 Å². The second-order valence-electron chi connectivity index (χ2n) is 0. The van der Waals surface area contributed by atoms with Crippen molar-refractivity contribution >= 4 is 159 Å². The average molecular weight is 557 g/mol. The van der Waals surface area contributed by atoms with E-state index in [-0.39, 0.29) is 191 Å². The Morgan fingerprint density at radius 3 is 1.17 bits per heavy atom. The molecule has 6 heteroatoms. The van der Waals surface area contributed by atoms with Crippen molar-refractivity contribution in [2.24, 2.45) is 0 Å². The predicted molar refractivity (Wildman–Crippen MR) is 33.3 cm³/mol. The minimum atomic E-state index is 0. The maximum atomic E-state index is 0. The van der Waals surface area contributed by atoms with Gasteiger partial charge in [-0.05, 0) is 0 Å². The second kappa shape index (κ2) is 31.0. The maximum Gasteiger partial charge on any atom is 2.00 e. The SMILES string of the molecule is O.[Ba+2].[Ca+2].[Cu].[H-].[H-].[H-].[H-].[H-].[H-].[Sr+2].[Tl]. The van der Waals surface area contributed by atoms with Crippen LogP contribution < -0.4 is 0 Å². The normalized spacial score (nSPS) is 0. The van der Waals surface area contributed by atoms with Crippen LogP contribution >= 0.6 is 0 Å². The van der Waals surface area contributed by atoms with Crippen molar-refractivity contribution in [1.29, 1.82) is 0 Å². The molecule has 0 aliphatic heterocycles. The molecule has 2 N–H and O–H groups in total. The van der Waals surface area contributed by atoms with E-state index in [0.717, 1.165) is 0 Å². The monoisotopic (exact) mass is 558 g/mol. The van der Waals surface area contributed by atoms with Crippen molar-refractivity contribution in [3.05, 3.63) is 0 Å². The van der Waals surface area contributed by atoms with E-state index in [1.807, 2.05) is 0 Å². The molecule has 0 aliphatic carbocycles. The van der Waals surface area contributed by atoms with E-state index < -0.39 is 0 Å². The van der Waals surface area contributed by atoms with E-state index in [4.69, 9.17) is 0 Å². The van der Waals surface area contributed by atoms with Gasteiger partial charge >= 0.3 is 132 Å². The minimum absolute atomic E-state index is 0. The van der Waals surface area contributed by atoms with Crippen molar-refractivity contribution in [1.82, 2.24) is 0 Å². The van der Waals surface area contributed by atoms with Crippen LogP contribution in [0.3, 0.4) is 0 Å². The summed E-state index contributed by atoms with van der Waals surface area (Å²) in [7, 11) is 0. The summed E-state index contributed by atoms with van der Waals surface area (Å²) in [4.78, 5) is 0. The smallest absolute Gasteiger partial charge is 1.00 e. The summed E-state index contributed by atoms with van der Waals surface area (Å²) in [5.41, 5.74) is 0. The Kier molecular flexibility index (Phi) is 213. The van der Waals surface area contributed by atoms with Crippen molar-refractivity contribution in [2.45, 2.75) is 0 Å². The summed E-state index contributed by atoms with van der Waals surface area (Å²) < 4.78 is 0. The van der Waals surface area contributed by atoms with Crippen molar-refractivity contribution < 1.29 is 31.1 Å². The Bertz CT molecular complexity index is 27.5. The molecule has 0 aromatic heterocycles. The number of rotatable bonds is 0. The van der Waals surface area contributed by atoms with Crippen molar-refractivity contribution in [2.75, 3.05) is 0 Å². The average Bonchev–Trinajstić information content (AvgIpc) is 0. The molecule has 0 saturated carbocycles. The van der Waals surface area contributed by atoms with E-state index in [2.05, 4.69) is 0 Å². The number of hydrogen-bond acceptors (Lipinski definition) is 0. The van der Waals surface area contributed by atoms with Gasteiger partial charge in [0.2, 0.25) is 0 Å². The van der Waals surface area contributed by atoms with Gasteiger partial charge in [-0.2, -0.15) is 0 Å². The molecule has 2 radical (unpaired) electrons. The summed E-state index contributed by atoms with van der Waals surface area (Å²) in [5, 5.41) is 0. The Balaban J connectivity index is 0. The zero-order valence-electron chi connectivity index (χ0n) is 9.50. The molecule has 0 bridgehead atoms. The topological polar surface area (TPSA) is 31.5 Å². The van der Waals surface area contributed by atoms with Crippen LogP contribution in [-0.4, -0.2) is 165 Å². The van der Waals surface area contributed by atoms with E-state index >= 15 is 0 Å². The van der Waals surface area contributed by atoms with Gasteiger partial charge in [0.05, 0.1) is 0 Å². The molecular weight excluding hydrogens is 549 g/mol. The molecule has 0 saturated heterocycles. The third kappa shape index (κ3) is 22.6. The van der Waals surface area contributed by atoms with Gasteiger partial charge in [-0.25, -0.2) is 0 Å². The van der Waals surface area contributed by atoms with Gasteiger partial charge in [0, 0.05) is 44.4 Å². The van der Waals surface area contributed by atoms with Crippen molar-refractivity contribution in [3.8, 4) is 0 Å². The molecular formula is H8BaCaCuOSrTl. The fourth-order valence-corrected chi connectivity index (χ4v) is 0. The standard InChI is InChI=1S/Ba.Ca.Cu.H2O.Sr.Tl.6H/h;;;1H2;;;;;;;;/q2*+2;;;+2;;6*-1. The Labute approximate surface area is 185 Å². The zero-order chi connectivity index (χ0) is 0. The Morgan fingerprint density at radius 2 is 1.17 bits per heavy atom. The largest absolute Gasteiger partial charge is 2.00 e. The Hall–Kier alpha value is 5.71. The fourth-order valence-electron chi connectivity index (χ4n) is 0. The first-order valence-electron chi connectivity index (χ1n) is 0. The van der Waals surface area contributed by atoms with E-state index in [1.165, 1.54) is 0 Å². The van der Waals surface area contributed by atoms with Crippen LogP contribution in [0.2, 0.25) is 0 Å². The van der Waals surface area contributed by atoms with Gasteiger partial charge in [0.1, 0.15) is 0 Å². The van der Waals surface area contributed by atoms with Crippen LogP contribution in [0.15, 0.2) is 0 Å². The van der Waals surface area contributed by atoms with E-state index in [9.17, 15) is 0 Å². The van der Waals surface area contributed by atoms with Crippen molar-refractivity contribution in [3.63, 3.8) is 0 Å². The first kappa shape index (κ1) is 41.2. The molecule has 0 heterocycles. The molecule has 0 fully saturated rings. The minimum Gasteiger partial charge on any atom is -1.00 e. The van der Waals surface area contributed by atoms with Gasteiger partial charge in [-0.15, -0.1) is 0 Å². The first-order chi connectivity index (χ1) is 0. The Morgan fingerprint density at radius 1 is 1.17 bits per heavy atom. The van der Waals surface area contributed by atoms with E-state index in [0.29, 0.717) is 0 Å². The fraction of sp³-hybridized carbons (Fsp3) is 0. The van der Waals surface area contributed by atoms with Crippen LogP contribution in [0.25, 0.3) is 0 Å². The molecule has 0 unspecified atom stereocenters. The summed E-state index contributed by atoms with van der Waals surface area (Å²) in [5.74, 6) is 0. The van der Waals surface area contributed by atoms with Gasteiger partial charge in [0.25, 0.3) is 0 Å². The van der Waals surface area contributed by atoms with Crippen LogP contribution in [0.1, 0.15) is 8.56 Å². The van der Waals surface area contributed by atoms with Crippen LogP contribution in [0.4, 0.5) is 0 Å². The summed E-state index contributed by atoms with van der Waals surface area (Å²) in [6, 6.07) is 0. The molecule has 6 heavy (non-hydrogen) atoms. The molecule has 0 amide bonds. The van der Waals surface area contributed by atoms with Crippen LogP contribution in [0.5, 0.6) is 0 Å². The second-order valence-corrected chi connectivity index (χ2v) is 0. The van der Waals surface area contributed by atoms with E-state index in [1.54, 1.807) is 0 Å². The molecule has 0 rings (SSSR count).